The highest BCUT2D eigenvalue weighted by atomic mass is 31.2. The first-order valence-corrected chi connectivity index (χ1v) is 45.1. The van der Waals surface area contributed by atoms with Crippen molar-refractivity contribution in [3.63, 3.8) is 0 Å². The van der Waals surface area contributed by atoms with Gasteiger partial charge in [0.05, 0.1) is 26.4 Å². The fourth-order valence-electron chi connectivity index (χ4n) is 12.6. The summed E-state index contributed by atoms with van der Waals surface area (Å²) in [4.78, 5) is 72.9. The molecule has 3 N–H and O–H groups in total. The van der Waals surface area contributed by atoms with E-state index >= 15 is 0 Å². The molecule has 0 aliphatic carbocycles. The van der Waals surface area contributed by atoms with E-state index in [0.717, 1.165) is 109 Å². The standard InChI is InChI=1S/C81H158O17P2/c1-6-9-12-15-18-20-22-24-26-27-28-29-34-37-41-45-50-55-60-65-79(84)92-71-77(98-81(86)67-62-57-52-47-43-39-35-31-30-33-36-40-44-49-53-58-63-74(4)5)73-96-100(89,90)94-69-75(82)68-93-99(87,88)95-72-76(70-91-78(83)64-59-54-48-17-14-11-8-3)97-80(85)66-61-56-51-46-42-38-32-25-23-21-19-16-13-10-7-2/h74-77,82H,6-73H2,1-5H3,(H,87,88)(H,89,90)/t75-,76+,77+/m0/s1. The maximum absolute atomic E-state index is 13.1. The zero-order valence-corrected chi connectivity index (χ0v) is 67.1. The number of esters is 4. The summed E-state index contributed by atoms with van der Waals surface area (Å²) in [6.45, 7) is 7.32. The zero-order chi connectivity index (χ0) is 73.4. The topological polar surface area (TPSA) is 237 Å². The van der Waals surface area contributed by atoms with Gasteiger partial charge in [0, 0.05) is 25.7 Å². The van der Waals surface area contributed by atoms with Crippen LogP contribution < -0.4 is 0 Å². The van der Waals surface area contributed by atoms with Crippen molar-refractivity contribution >= 4 is 39.5 Å². The molecular weight excluding hydrogens is 1310 g/mol. The quantitative estimate of drug-likeness (QED) is 0.0222. The van der Waals surface area contributed by atoms with Crippen LogP contribution in [0, 0.1) is 5.92 Å². The maximum Gasteiger partial charge on any atom is 0.472 e. The fourth-order valence-corrected chi connectivity index (χ4v) is 14.2. The Morgan fingerprint density at radius 2 is 0.460 bits per heavy atom. The average molecular weight is 1470 g/mol. The van der Waals surface area contributed by atoms with Crippen molar-refractivity contribution in [3.05, 3.63) is 0 Å². The Labute approximate surface area is 613 Å². The molecule has 0 aromatic rings. The molecule has 0 rings (SSSR count). The Morgan fingerprint density at radius 1 is 0.270 bits per heavy atom. The Hall–Kier alpha value is -1.94. The van der Waals surface area contributed by atoms with Gasteiger partial charge in [0.15, 0.2) is 12.2 Å². The number of hydrogen-bond acceptors (Lipinski definition) is 15. The minimum Gasteiger partial charge on any atom is -0.462 e. The maximum atomic E-state index is 13.1. The second kappa shape index (κ2) is 73.9. The summed E-state index contributed by atoms with van der Waals surface area (Å²) in [5, 5.41) is 10.6. The molecule has 594 valence electrons. The minimum absolute atomic E-state index is 0.108. The number of aliphatic hydroxyl groups is 1. The molecule has 0 bridgehead atoms. The Morgan fingerprint density at radius 3 is 0.680 bits per heavy atom. The van der Waals surface area contributed by atoms with Crippen LogP contribution in [-0.4, -0.2) is 96.7 Å². The van der Waals surface area contributed by atoms with Crippen molar-refractivity contribution in [1.29, 1.82) is 0 Å². The highest BCUT2D eigenvalue weighted by Crippen LogP contribution is 2.45. The summed E-state index contributed by atoms with van der Waals surface area (Å²) in [6.07, 6.45) is 65.4. The average Bonchev–Trinajstić information content (AvgIpc) is 0.924. The molecule has 0 saturated carbocycles. The van der Waals surface area contributed by atoms with Crippen molar-refractivity contribution in [2.24, 2.45) is 5.92 Å². The SMILES string of the molecule is CCCCCCCCCCCCCCCCCCCCCC(=O)OC[C@H](COP(=O)(O)OC[C@@H](O)COP(=O)(O)OC[C@@H](COC(=O)CCCCCCCCC)OC(=O)CCCCCCCCCCCCCCCCC)OC(=O)CCCCCCCCCCCCCCCCCCC(C)C. The normalized spacial score (nSPS) is 13.8. The highest BCUT2D eigenvalue weighted by Gasteiger charge is 2.30. The molecule has 0 aliphatic heterocycles. The van der Waals surface area contributed by atoms with Crippen molar-refractivity contribution < 1.29 is 80.2 Å². The first kappa shape index (κ1) is 98.1. The monoisotopic (exact) mass is 1470 g/mol. The number of carbonyl (C=O) groups excluding carboxylic acids is 4. The van der Waals surface area contributed by atoms with Gasteiger partial charge in [-0.05, 0) is 31.6 Å². The van der Waals surface area contributed by atoms with Crippen LogP contribution in [-0.2, 0) is 65.4 Å². The molecule has 0 amide bonds. The molecule has 0 radical (unpaired) electrons. The van der Waals surface area contributed by atoms with Crippen molar-refractivity contribution in [2.45, 2.75) is 451 Å². The van der Waals surface area contributed by atoms with Crippen molar-refractivity contribution in [3.8, 4) is 0 Å². The molecular formula is C81H158O17P2. The molecule has 0 fully saturated rings. The largest absolute Gasteiger partial charge is 0.472 e. The molecule has 5 atom stereocenters. The number of hydrogen-bond donors (Lipinski definition) is 3. The molecule has 19 heteroatoms. The van der Waals surface area contributed by atoms with E-state index in [2.05, 4.69) is 34.6 Å². The van der Waals surface area contributed by atoms with E-state index in [1.54, 1.807) is 0 Å². The summed E-state index contributed by atoms with van der Waals surface area (Å²) >= 11 is 0. The van der Waals surface area contributed by atoms with Crippen LogP contribution in [0.5, 0.6) is 0 Å². The first-order chi connectivity index (χ1) is 48.5. The number of phosphoric ester groups is 2. The van der Waals surface area contributed by atoms with E-state index in [4.69, 9.17) is 37.0 Å². The molecule has 0 aromatic carbocycles. The second-order valence-electron chi connectivity index (χ2n) is 29.6. The summed E-state index contributed by atoms with van der Waals surface area (Å²) in [5.41, 5.74) is 0. The lowest BCUT2D eigenvalue weighted by Crippen LogP contribution is -2.30. The van der Waals surface area contributed by atoms with E-state index in [1.165, 1.54) is 244 Å². The van der Waals surface area contributed by atoms with Crippen LogP contribution >= 0.6 is 15.6 Å². The van der Waals surface area contributed by atoms with Crippen LogP contribution in [0.15, 0.2) is 0 Å². The summed E-state index contributed by atoms with van der Waals surface area (Å²) in [6, 6.07) is 0. The fraction of sp³-hybridized carbons (Fsp3) is 0.951. The first-order valence-electron chi connectivity index (χ1n) is 42.1. The lowest BCUT2D eigenvalue weighted by atomic mass is 10.0. The predicted octanol–water partition coefficient (Wildman–Crippen LogP) is 24.4. The molecule has 0 aromatic heterocycles. The van der Waals surface area contributed by atoms with Crippen molar-refractivity contribution in [2.75, 3.05) is 39.6 Å². The van der Waals surface area contributed by atoms with Gasteiger partial charge in [-0.25, -0.2) is 9.13 Å². The summed E-state index contributed by atoms with van der Waals surface area (Å²) < 4.78 is 68.6. The molecule has 100 heavy (non-hydrogen) atoms. The molecule has 2 unspecified atom stereocenters. The van der Waals surface area contributed by atoms with Gasteiger partial charge in [-0.2, -0.15) is 0 Å². The van der Waals surface area contributed by atoms with Gasteiger partial charge < -0.3 is 33.8 Å². The highest BCUT2D eigenvalue weighted by molar-refractivity contribution is 7.47. The number of unbranched alkanes of at least 4 members (excludes halogenated alkanes) is 53. The number of ether oxygens (including phenoxy) is 4. The van der Waals surface area contributed by atoms with Gasteiger partial charge in [0.2, 0.25) is 0 Å². The van der Waals surface area contributed by atoms with Gasteiger partial charge in [-0.15, -0.1) is 0 Å². The van der Waals surface area contributed by atoms with Gasteiger partial charge >= 0.3 is 39.5 Å². The van der Waals surface area contributed by atoms with E-state index in [9.17, 15) is 43.2 Å². The smallest absolute Gasteiger partial charge is 0.462 e. The van der Waals surface area contributed by atoms with E-state index in [1.807, 2.05) is 0 Å². The van der Waals surface area contributed by atoms with Gasteiger partial charge in [0.1, 0.15) is 19.3 Å². The molecule has 0 spiro atoms. The van der Waals surface area contributed by atoms with Crippen LogP contribution in [0.25, 0.3) is 0 Å². The van der Waals surface area contributed by atoms with E-state index < -0.39 is 97.5 Å². The number of phosphoric acid groups is 2. The predicted molar refractivity (Wildman–Crippen MR) is 409 cm³/mol. The lowest BCUT2D eigenvalue weighted by molar-refractivity contribution is -0.161. The second-order valence-corrected chi connectivity index (χ2v) is 32.5. The third-order valence-electron chi connectivity index (χ3n) is 19.0. The Bertz CT molecular complexity index is 1910. The Kier molecular flexibility index (Phi) is 72.5. The third kappa shape index (κ3) is 74.3. The van der Waals surface area contributed by atoms with E-state index in [0.29, 0.717) is 25.7 Å². The van der Waals surface area contributed by atoms with Crippen LogP contribution in [0.1, 0.15) is 433 Å². The molecule has 0 saturated heterocycles. The number of rotatable bonds is 81. The summed E-state index contributed by atoms with van der Waals surface area (Å²) in [7, 11) is -9.91. The van der Waals surface area contributed by atoms with Crippen LogP contribution in [0.4, 0.5) is 0 Å². The molecule has 0 heterocycles. The number of carbonyl (C=O) groups is 4. The zero-order valence-electron chi connectivity index (χ0n) is 65.3. The van der Waals surface area contributed by atoms with Crippen LogP contribution in [0.2, 0.25) is 0 Å². The molecule has 17 nitrogen and oxygen atoms in total. The lowest BCUT2D eigenvalue weighted by Gasteiger charge is -2.21. The Balaban J connectivity index is 5.17. The minimum atomic E-state index is -4.96. The van der Waals surface area contributed by atoms with Crippen LogP contribution in [0.3, 0.4) is 0 Å². The molecule has 0 aliphatic rings. The third-order valence-corrected chi connectivity index (χ3v) is 20.9. The number of aliphatic hydroxyl groups excluding tert-OH is 1. The summed E-state index contributed by atoms with van der Waals surface area (Å²) in [5.74, 6) is -1.30. The van der Waals surface area contributed by atoms with Crippen molar-refractivity contribution in [1.82, 2.24) is 0 Å². The van der Waals surface area contributed by atoms with Gasteiger partial charge in [-0.3, -0.25) is 37.3 Å². The van der Waals surface area contributed by atoms with Gasteiger partial charge in [0.25, 0.3) is 0 Å². The van der Waals surface area contributed by atoms with Gasteiger partial charge in [-0.1, -0.05) is 381 Å². The van der Waals surface area contributed by atoms with E-state index in [-0.39, 0.29) is 25.7 Å².